The van der Waals surface area contributed by atoms with Gasteiger partial charge >= 0.3 is 5.97 Å². The number of nitrogens with one attached hydrogen (secondary N) is 2. The molecule has 5 nitrogen and oxygen atoms in total. The molecule has 3 rings (SSSR count). The first-order chi connectivity index (χ1) is 15.0. The van der Waals surface area contributed by atoms with Crippen LogP contribution in [0.5, 0.6) is 5.75 Å². The standard InChI is InChI=1S/C25H34N2O3S/c1-4-6-12-25(5-2)17-31-22-13-19(15-26-16-23(28)29)21(30-3)14-20(22)24(27-25)18-10-8-7-9-11-18/h7-11,13-14,24,26-27H,4-6,12,15-17H2,1-3H3,(H,28,29)/t24-,25-/m1/s1. The molecular formula is C25H34N2O3S. The van der Waals surface area contributed by atoms with Gasteiger partial charge in [0.25, 0.3) is 0 Å². The molecule has 1 aliphatic heterocycles. The number of hydrogen-bond acceptors (Lipinski definition) is 5. The van der Waals surface area contributed by atoms with Gasteiger partial charge in [-0.3, -0.25) is 10.1 Å². The number of rotatable bonds is 10. The number of thioether (sulfide) groups is 1. The summed E-state index contributed by atoms with van der Waals surface area (Å²) >= 11 is 1.90. The Labute approximate surface area is 190 Å². The quantitative estimate of drug-likeness (QED) is 0.481. The number of unbranched alkanes of at least 4 members (excludes halogenated alkanes) is 1. The summed E-state index contributed by atoms with van der Waals surface area (Å²) < 4.78 is 5.71. The van der Waals surface area contributed by atoms with Gasteiger partial charge in [0, 0.05) is 28.3 Å². The molecule has 1 heterocycles. The maximum absolute atomic E-state index is 10.9. The molecule has 0 aliphatic carbocycles. The van der Waals surface area contributed by atoms with Crippen molar-refractivity contribution in [2.45, 2.75) is 62.6 Å². The van der Waals surface area contributed by atoms with Crippen molar-refractivity contribution < 1.29 is 14.6 Å². The average molecular weight is 443 g/mol. The van der Waals surface area contributed by atoms with Crippen LogP contribution in [0.4, 0.5) is 0 Å². The fraction of sp³-hybridized carbons (Fsp3) is 0.480. The Morgan fingerprint density at radius 3 is 2.71 bits per heavy atom. The topological polar surface area (TPSA) is 70.6 Å². The van der Waals surface area contributed by atoms with Gasteiger partial charge in [-0.05, 0) is 36.1 Å². The van der Waals surface area contributed by atoms with Crippen molar-refractivity contribution in [3.63, 3.8) is 0 Å². The molecule has 0 unspecified atom stereocenters. The highest BCUT2D eigenvalue weighted by atomic mass is 32.2. The highest BCUT2D eigenvalue weighted by Crippen LogP contribution is 2.43. The summed E-state index contributed by atoms with van der Waals surface area (Å²) in [5.41, 5.74) is 3.52. The summed E-state index contributed by atoms with van der Waals surface area (Å²) in [7, 11) is 1.68. The molecule has 0 saturated heterocycles. The molecule has 0 bridgehead atoms. The van der Waals surface area contributed by atoms with Gasteiger partial charge in [0.1, 0.15) is 5.75 Å². The van der Waals surface area contributed by atoms with Crippen LogP contribution >= 0.6 is 11.8 Å². The van der Waals surface area contributed by atoms with Crippen LogP contribution in [0.25, 0.3) is 0 Å². The van der Waals surface area contributed by atoms with Crippen LogP contribution in [0.2, 0.25) is 0 Å². The number of methoxy groups -OCH3 is 1. The SMILES string of the molecule is CCCC[C@]1(CC)CSc2cc(CNCC(=O)O)c(OC)cc2[C@@H](c2ccccc2)N1. The molecule has 0 spiro atoms. The highest BCUT2D eigenvalue weighted by molar-refractivity contribution is 7.99. The lowest BCUT2D eigenvalue weighted by atomic mass is 9.88. The number of carboxylic acids is 1. The van der Waals surface area contributed by atoms with Crippen molar-refractivity contribution in [2.24, 2.45) is 0 Å². The third kappa shape index (κ3) is 5.82. The second kappa shape index (κ2) is 11.0. The smallest absolute Gasteiger partial charge is 0.317 e. The predicted octanol–water partition coefficient (Wildman–Crippen LogP) is 4.99. The fourth-order valence-corrected chi connectivity index (χ4v) is 5.62. The van der Waals surface area contributed by atoms with E-state index < -0.39 is 5.97 Å². The Balaban J connectivity index is 2.03. The molecule has 1 aliphatic rings. The van der Waals surface area contributed by atoms with Crippen molar-refractivity contribution in [3.05, 3.63) is 59.2 Å². The number of hydrogen-bond donors (Lipinski definition) is 3. The molecule has 2 atom stereocenters. The molecular weight excluding hydrogens is 408 g/mol. The molecule has 2 aromatic carbocycles. The number of ether oxygens (including phenoxy) is 1. The molecule has 0 saturated carbocycles. The normalized spacial score (nSPS) is 20.7. The summed E-state index contributed by atoms with van der Waals surface area (Å²) in [6.07, 6.45) is 4.60. The van der Waals surface area contributed by atoms with Crippen LogP contribution in [0.3, 0.4) is 0 Å². The Morgan fingerprint density at radius 2 is 2.06 bits per heavy atom. The summed E-state index contributed by atoms with van der Waals surface area (Å²) in [6, 6.07) is 15.0. The van der Waals surface area contributed by atoms with Gasteiger partial charge in [0.05, 0.1) is 19.7 Å². The monoisotopic (exact) mass is 442 g/mol. The summed E-state index contributed by atoms with van der Waals surface area (Å²) in [5.74, 6) is 0.936. The minimum absolute atomic E-state index is 0.0646. The maximum atomic E-state index is 10.9. The second-order valence-corrected chi connectivity index (χ2v) is 9.23. The van der Waals surface area contributed by atoms with Crippen molar-refractivity contribution in [1.29, 1.82) is 0 Å². The molecule has 0 radical (unpaired) electrons. The molecule has 0 fully saturated rings. The van der Waals surface area contributed by atoms with E-state index >= 15 is 0 Å². The van der Waals surface area contributed by atoms with Crippen molar-refractivity contribution >= 4 is 17.7 Å². The van der Waals surface area contributed by atoms with Crippen LogP contribution in [0.1, 0.15) is 62.3 Å². The lowest BCUT2D eigenvalue weighted by Crippen LogP contribution is -2.48. The molecule has 3 N–H and O–H groups in total. The number of carbonyl (C=O) groups is 1. The molecule has 2 aromatic rings. The lowest BCUT2D eigenvalue weighted by molar-refractivity contribution is -0.136. The first-order valence-electron chi connectivity index (χ1n) is 11.1. The van der Waals surface area contributed by atoms with E-state index in [9.17, 15) is 4.79 Å². The van der Waals surface area contributed by atoms with Gasteiger partial charge in [-0.25, -0.2) is 0 Å². The Bertz CT molecular complexity index is 875. The summed E-state index contributed by atoms with van der Waals surface area (Å²) in [5, 5.41) is 16.0. The number of aliphatic carboxylic acids is 1. The van der Waals surface area contributed by atoms with E-state index in [1.807, 2.05) is 11.8 Å². The lowest BCUT2D eigenvalue weighted by Gasteiger charge is -2.36. The maximum Gasteiger partial charge on any atom is 0.317 e. The molecule has 0 aromatic heterocycles. The van der Waals surface area contributed by atoms with Crippen LogP contribution in [-0.2, 0) is 11.3 Å². The molecule has 0 amide bonds. The predicted molar refractivity (Wildman–Crippen MR) is 127 cm³/mol. The van der Waals surface area contributed by atoms with Gasteiger partial charge in [0.15, 0.2) is 0 Å². The van der Waals surface area contributed by atoms with E-state index in [1.165, 1.54) is 28.9 Å². The largest absolute Gasteiger partial charge is 0.496 e. The van der Waals surface area contributed by atoms with Gasteiger partial charge in [-0.15, -0.1) is 11.8 Å². The third-order valence-corrected chi connectivity index (χ3v) is 7.45. The van der Waals surface area contributed by atoms with Crippen LogP contribution < -0.4 is 15.4 Å². The highest BCUT2D eigenvalue weighted by Gasteiger charge is 2.36. The van der Waals surface area contributed by atoms with Crippen molar-refractivity contribution in [2.75, 3.05) is 19.4 Å². The van der Waals surface area contributed by atoms with E-state index in [2.05, 4.69) is 66.9 Å². The summed E-state index contributed by atoms with van der Waals surface area (Å²) in [4.78, 5) is 12.1. The summed E-state index contributed by atoms with van der Waals surface area (Å²) in [6.45, 7) is 4.92. The molecule has 31 heavy (non-hydrogen) atoms. The molecule has 168 valence electrons. The van der Waals surface area contributed by atoms with Crippen molar-refractivity contribution in [1.82, 2.24) is 10.6 Å². The first-order valence-corrected chi connectivity index (χ1v) is 12.1. The fourth-order valence-electron chi connectivity index (χ4n) is 4.19. The molecule has 6 heteroatoms. The van der Waals surface area contributed by atoms with Crippen LogP contribution in [0, 0.1) is 0 Å². The van der Waals surface area contributed by atoms with Crippen LogP contribution in [0.15, 0.2) is 47.4 Å². The zero-order valence-corrected chi connectivity index (χ0v) is 19.6. The minimum atomic E-state index is -0.861. The van der Waals surface area contributed by atoms with E-state index in [0.717, 1.165) is 29.9 Å². The van der Waals surface area contributed by atoms with Gasteiger partial charge in [-0.2, -0.15) is 0 Å². The third-order valence-electron chi connectivity index (χ3n) is 6.09. The van der Waals surface area contributed by atoms with Crippen molar-refractivity contribution in [3.8, 4) is 5.75 Å². The Kier molecular flexibility index (Phi) is 8.41. The Morgan fingerprint density at radius 1 is 1.29 bits per heavy atom. The van der Waals surface area contributed by atoms with Gasteiger partial charge in [0.2, 0.25) is 0 Å². The minimum Gasteiger partial charge on any atom is -0.496 e. The van der Waals surface area contributed by atoms with E-state index in [0.29, 0.717) is 6.54 Å². The van der Waals surface area contributed by atoms with E-state index in [1.54, 1.807) is 7.11 Å². The van der Waals surface area contributed by atoms with Crippen LogP contribution in [-0.4, -0.2) is 36.0 Å². The zero-order chi connectivity index (χ0) is 22.3. The van der Waals surface area contributed by atoms with Gasteiger partial charge in [-0.1, -0.05) is 57.0 Å². The number of benzene rings is 2. The number of carboxylic acid groups (broad SMARTS) is 1. The first kappa shape index (κ1) is 23.6. The van der Waals surface area contributed by atoms with Gasteiger partial charge < -0.3 is 15.2 Å². The zero-order valence-electron chi connectivity index (χ0n) is 18.7. The Hall–Kier alpha value is -2.02. The van der Waals surface area contributed by atoms with E-state index in [-0.39, 0.29) is 18.1 Å². The second-order valence-electron chi connectivity index (χ2n) is 8.21. The van der Waals surface area contributed by atoms with E-state index in [4.69, 9.17) is 9.84 Å². The number of fused-ring (bicyclic) bond motifs is 1. The average Bonchev–Trinajstić information content (AvgIpc) is 2.95.